The van der Waals surface area contributed by atoms with Crippen LogP contribution in [0.4, 0.5) is 5.69 Å². The second-order valence-corrected chi connectivity index (χ2v) is 11.1. The Morgan fingerprint density at radius 1 is 0.900 bits per heavy atom. The van der Waals surface area contributed by atoms with Gasteiger partial charge in [0, 0.05) is 19.2 Å². The lowest BCUT2D eigenvalue weighted by Crippen LogP contribution is -2.52. The number of ether oxygens (including phenoxy) is 2. The maximum atomic E-state index is 14.1. The van der Waals surface area contributed by atoms with E-state index in [4.69, 9.17) is 9.47 Å². The van der Waals surface area contributed by atoms with Gasteiger partial charge in [0.1, 0.15) is 24.1 Å². The highest BCUT2D eigenvalue weighted by atomic mass is 32.2. The summed E-state index contributed by atoms with van der Waals surface area (Å²) in [5, 5.41) is 2.80. The molecule has 0 fully saturated rings. The second-order valence-electron chi connectivity index (χ2n) is 9.22. The Kier molecular flexibility index (Phi) is 10.6. The molecule has 214 valence electrons. The highest BCUT2D eigenvalue weighted by molar-refractivity contribution is 7.92. The fourth-order valence-electron chi connectivity index (χ4n) is 4.31. The molecule has 1 N–H and O–H groups in total. The van der Waals surface area contributed by atoms with Crippen molar-refractivity contribution >= 4 is 27.5 Å². The van der Waals surface area contributed by atoms with Crippen LogP contribution in [0.2, 0.25) is 0 Å². The van der Waals surface area contributed by atoms with Crippen molar-refractivity contribution in [1.29, 1.82) is 0 Å². The molecule has 0 aliphatic rings. The largest absolute Gasteiger partial charge is 0.497 e. The van der Waals surface area contributed by atoms with Crippen molar-refractivity contribution in [3.63, 3.8) is 0 Å². The fourth-order valence-corrected chi connectivity index (χ4v) is 5.72. The van der Waals surface area contributed by atoms with E-state index in [1.54, 1.807) is 68.6 Å². The van der Waals surface area contributed by atoms with Gasteiger partial charge in [-0.3, -0.25) is 13.9 Å². The van der Waals surface area contributed by atoms with E-state index in [1.165, 1.54) is 24.1 Å². The van der Waals surface area contributed by atoms with Gasteiger partial charge in [0.05, 0.1) is 24.8 Å². The Morgan fingerprint density at radius 3 is 2.12 bits per heavy atom. The van der Waals surface area contributed by atoms with Crippen LogP contribution >= 0.6 is 0 Å². The number of hydrogen-bond donors (Lipinski definition) is 1. The lowest BCUT2D eigenvalue weighted by molar-refractivity contribution is -0.140. The lowest BCUT2D eigenvalue weighted by atomic mass is 10.1. The van der Waals surface area contributed by atoms with Crippen molar-refractivity contribution in [3.05, 3.63) is 83.9 Å². The van der Waals surface area contributed by atoms with Gasteiger partial charge in [0.15, 0.2) is 0 Å². The van der Waals surface area contributed by atoms with Crippen molar-refractivity contribution in [1.82, 2.24) is 10.2 Å². The Labute approximate surface area is 236 Å². The van der Waals surface area contributed by atoms with E-state index in [9.17, 15) is 18.0 Å². The second kappa shape index (κ2) is 13.8. The summed E-state index contributed by atoms with van der Waals surface area (Å²) in [6, 6.07) is 19.3. The molecular formula is C30H37N3O6S. The zero-order valence-electron chi connectivity index (χ0n) is 23.6. The molecule has 0 bridgehead atoms. The third-order valence-corrected chi connectivity index (χ3v) is 8.24. The number of aryl methyl sites for hydroxylation is 1. The Bertz CT molecular complexity index is 1410. The first kappa shape index (κ1) is 30.5. The Hall–Kier alpha value is -4.05. The molecule has 40 heavy (non-hydrogen) atoms. The van der Waals surface area contributed by atoms with Crippen molar-refractivity contribution in [3.8, 4) is 11.5 Å². The average molecular weight is 568 g/mol. The van der Waals surface area contributed by atoms with E-state index in [-0.39, 0.29) is 23.0 Å². The number of nitrogens with zero attached hydrogens (tertiary/aromatic N) is 2. The van der Waals surface area contributed by atoms with Gasteiger partial charge in [-0.2, -0.15) is 0 Å². The van der Waals surface area contributed by atoms with Gasteiger partial charge in [0.25, 0.3) is 10.0 Å². The van der Waals surface area contributed by atoms with E-state index < -0.39 is 28.5 Å². The number of sulfonamides is 1. The summed E-state index contributed by atoms with van der Waals surface area (Å²) in [5.41, 5.74) is 1.91. The molecule has 0 aliphatic heterocycles. The molecule has 0 aliphatic carbocycles. The number of nitrogens with one attached hydrogen (secondary N) is 1. The quantitative estimate of drug-likeness (QED) is 0.333. The zero-order valence-corrected chi connectivity index (χ0v) is 24.4. The molecule has 3 rings (SSSR count). The van der Waals surface area contributed by atoms with Crippen molar-refractivity contribution < 1.29 is 27.5 Å². The van der Waals surface area contributed by atoms with Gasteiger partial charge in [-0.15, -0.1) is 0 Å². The summed E-state index contributed by atoms with van der Waals surface area (Å²) >= 11 is 0. The van der Waals surface area contributed by atoms with E-state index in [1.807, 2.05) is 19.9 Å². The van der Waals surface area contributed by atoms with Crippen LogP contribution in [0.3, 0.4) is 0 Å². The summed E-state index contributed by atoms with van der Waals surface area (Å²) < 4.78 is 39.6. The number of benzene rings is 3. The molecule has 0 spiro atoms. The predicted octanol–water partition coefficient (Wildman–Crippen LogP) is 4.15. The summed E-state index contributed by atoms with van der Waals surface area (Å²) in [7, 11) is -1.13. The van der Waals surface area contributed by atoms with Gasteiger partial charge in [-0.05, 0) is 62.2 Å². The molecule has 0 unspecified atom stereocenters. The Balaban J connectivity index is 2.08. The van der Waals surface area contributed by atoms with Gasteiger partial charge in [-0.1, -0.05) is 42.8 Å². The van der Waals surface area contributed by atoms with Crippen LogP contribution in [0.5, 0.6) is 11.5 Å². The lowest BCUT2D eigenvalue weighted by Gasteiger charge is -2.33. The molecule has 0 heterocycles. The van der Waals surface area contributed by atoms with Gasteiger partial charge in [0.2, 0.25) is 11.8 Å². The van der Waals surface area contributed by atoms with E-state index in [2.05, 4.69) is 5.32 Å². The molecule has 3 aromatic rings. The molecular weight excluding hydrogens is 530 g/mol. The topological polar surface area (TPSA) is 105 Å². The summed E-state index contributed by atoms with van der Waals surface area (Å²) in [6.07, 6.45) is 0.339. The van der Waals surface area contributed by atoms with E-state index in [0.29, 0.717) is 24.5 Å². The average Bonchev–Trinajstić information content (AvgIpc) is 2.96. The number of anilines is 1. The predicted molar refractivity (Wildman–Crippen MR) is 155 cm³/mol. The number of rotatable bonds is 13. The van der Waals surface area contributed by atoms with Gasteiger partial charge in [-0.25, -0.2) is 8.42 Å². The minimum Gasteiger partial charge on any atom is -0.497 e. The van der Waals surface area contributed by atoms with Crippen LogP contribution in [-0.2, 0) is 26.2 Å². The van der Waals surface area contributed by atoms with Crippen LogP contribution in [0.15, 0.2) is 77.7 Å². The van der Waals surface area contributed by atoms with Crippen LogP contribution in [0.1, 0.15) is 31.4 Å². The molecule has 2 amide bonds. The standard InChI is InChI=1S/C30H37N3O6S/c1-6-28(30(35)31-7-2)32(20-23-10-8-12-25(18-23)38-4)29(34)21-33(24-11-9-13-26(19-24)39-5)40(36,37)27-16-14-22(3)15-17-27/h8-19,28H,6-7,20-21H2,1-5H3,(H,31,35)/t28-/m1/s1. The molecule has 9 nitrogen and oxygen atoms in total. The zero-order chi connectivity index (χ0) is 29.3. The molecule has 0 radical (unpaired) electrons. The number of amides is 2. The Morgan fingerprint density at radius 2 is 1.52 bits per heavy atom. The molecule has 10 heteroatoms. The number of hydrogen-bond acceptors (Lipinski definition) is 6. The molecule has 0 saturated heterocycles. The summed E-state index contributed by atoms with van der Waals surface area (Å²) in [5.74, 6) is 0.210. The number of carbonyl (C=O) groups excluding carboxylic acids is 2. The monoisotopic (exact) mass is 567 g/mol. The smallest absolute Gasteiger partial charge is 0.264 e. The first-order chi connectivity index (χ1) is 19.1. The van der Waals surface area contributed by atoms with Gasteiger partial charge < -0.3 is 19.7 Å². The van der Waals surface area contributed by atoms with E-state index in [0.717, 1.165) is 15.4 Å². The first-order valence-corrected chi connectivity index (χ1v) is 14.5. The van der Waals surface area contributed by atoms with Crippen LogP contribution < -0.4 is 19.1 Å². The first-order valence-electron chi connectivity index (χ1n) is 13.1. The van der Waals surface area contributed by atoms with Gasteiger partial charge >= 0.3 is 0 Å². The molecule has 3 aromatic carbocycles. The summed E-state index contributed by atoms with van der Waals surface area (Å²) in [6.45, 7) is 5.44. The van der Waals surface area contributed by atoms with Crippen LogP contribution in [0, 0.1) is 6.92 Å². The molecule has 0 aromatic heterocycles. The maximum Gasteiger partial charge on any atom is 0.264 e. The normalized spacial score (nSPS) is 11.8. The summed E-state index contributed by atoms with van der Waals surface area (Å²) in [4.78, 5) is 28.6. The van der Waals surface area contributed by atoms with Crippen molar-refractivity contribution in [2.24, 2.45) is 0 Å². The number of likely N-dealkylation sites (N-methyl/N-ethyl adjacent to an activating group) is 1. The maximum absolute atomic E-state index is 14.1. The number of carbonyl (C=O) groups is 2. The van der Waals surface area contributed by atoms with Crippen LogP contribution in [0.25, 0.3) is 0 Å². The van der Waals surface area contributed by atoms with Crippen molar-refractivity contribution in [2.45, 2.75) is 44.7 Å². The number of methoxy groups -OCH3 is 2. The minimum atomic E-state index is -4.16. The highest BCUT2D eigenvalue weighted by Gasteiger charge is 2.33. The SMILES string of the molecule is CCNC(=O)[C@@H](CC)N(Cc1cccc(OC)c1)C(=O)CN(c1cccc(OC)c1)S(=O)(=O)c1ccc(C)cc1. The molecule has 1 atom stereocenters. The van der Waals surface area contributed by atoms with E-state index >= 15 is 0 Å². The third-order valence-electron chi connectivity index (χ3n) is 6.45. The minimum absolute atomic E-state index is 0.0452. The van der Waals surface area contributed by atoms with Crippen LogP contribution in [-0.4, -0.2) is 58.5 Å². The highest BCUT2D eigenvalue weighted by Crippen LogP contribution is 2.28. The third kappa shape index (κ3) is 7.32. The van der Waals surface area contributed by atoms with Crippen molar-refractivity contribution in [2.75, 3.05) is 31.6 Å². The molecule has 0 saturated carbocycles. The fraction of sp³-hybridized carbons (Fsp3) is 0.333.